The first kappa shape index (κ1) is 17.0. The summed E-state index contributed by atoms with van der Waals surface area (Å²) in [7, 11) is 0. The number of hydrogen-bond donors (Lipinski definition) is 2. The Morgan fingerprint density at radius 1 is 1.29 bits per heavy atom. The maximum absolute atomic E-state index is 11.8. The molecular weight excluding hydrogens is 270 g/mol. The van der Waals surface area contributed by atoms with Crippen LogP contribution in [0.15, 0.2) is 24.3 Å². The minimum atomic E-state index is -1.02. The summed E-state index contributed by atoms with van der Waals surface area (Å²) in [6.07, 6.45) is 1.20. The van der Waals surface area contributed by atoms with E-state index < -0.39 is 17.9 Å². The van der Waals surface area contributed by atoms with E-state index in [4.69, 9.17) is 9.84 Å². The van der Waals surface area contributed by atoms with Crippen LogP contribution in [0, 0.1) is 5.92 Å². The van der Waals surface area contributed by atoms with Gasteiger partial charge < -0.3 is 15.2 Å². The summed E-state index contributed by atoms with van der Waals surface area (Å²) in [5.41, 5.74) is 1.02. The van der Waals surface area contributed by atoms with Gasteiger partial charge in [0.2, 0.25) is 0 Å². The molecule has 1 aromatic rings. The normalized spacial score (nSPS) is 12.0. The molecule has 0 heterocycles. The number of carboxylic acids is 1. The van der Waals surface area contributed by atoms with Gasteiger partial charge in [-0.1, -0.05) is 39.0 Å². The number of carbonyl (C=O) groups excluding carboxylic acids is 1. The Balaban J connectivity index is 2.54. The number of carbonyl (C=O) groups is 2. The highest BCUT2D eigenvalue weighted by atomic mass is 16.5. The lowest BCUT2D eigenvalue weighted by Gasteiger charge is -2.17. The number of aryl methyl sites for hydroxylation is 1. The van der Waals surface area contributed by atoms with E-state index in [1.807, 2.05) is 39.0 Å². The lowest BCUT2D eigenvalue weighted by molar-refractivity contribution is -0.142. The number of amides is 1. The highest BCUT2D eigenvalue weighted by Crippen LogP contribution is 2.18. The number of benzene rings is 1. The molecule has 0 fully saturated rings. The van der Waals surface area contributed by atoms with E-state index in [2.05, 4.69) is 5.32 Å². The molecule has 5 nitrogen and oxygen atoms in total. The third-order valence-corrected chi connectivity index (χ3v) is 3.05. The van der Waals surface area contributed by atoms with E-state index in [1.54, 1.807) is 6.07 Å². The van der Waals surface area contributed by atoms with Crippen LogP contribution in [0.3, 0.4) is 0 Å². The summed E-state index contributed by atoms with van der Waals surface area (Å²) >= 11 is 0. The molecule has 0 saturated heterocycles. The number of ether oxygens (including phenoxy) is 1. The first-order valence-electron chi connectivity index (χ1n) is 7.16. The number of aliphatic carboxylic acids is 1. The molecule has 2 N–H and O–H groups in total. The van der Waals surface area contributed by atoms with Crippen LogP contribution < -0.4 is 10.1 Å². The SMILES string of the molecule is CCc1ccccc1OCC(=O)NC(CC(C)C)C(=O)O. The molecule has 0 aromatic heterocycles. The van der Waals surface area contributed by atoms with Crippen LogP contribution in [0.2, 0.25) is 0 Å². The van der Waals surface area contributed by atoms with Gasteiger partial charge >= 0.3 is 5.97 Å². The van der Waals surface area contributed by atoms with E-state index in [-0.39, 0.29) is 12.5 Å². The monoisotopic (exact) mass is 293 g/mol. The molecule has 0 aliphatic carbocycles. The standard InChI is InChI=1S/C16H23NO4/c1-4-12-7-5-6-8-14(12)21-10-15(18)17-13(16(19)20)9-11(2)3/h5-8,11,13H,4,9-10H2,1-3H3,(H,17,18)(H,19,20). The molecule has 0 radical (unpaired) electrons. The van der Waals surface area contributed by atoms with Gasteiger partial charge in [-0.25, -0.2) is 4.79 Å². The molecular formula is C16H23NO4. The fraction of sp³-hybridized carbons (Fsp3) is 0.500. The van der Waals surface area contributed by atoms with Crippen molar-refractivity contribution < 1.29 is 19.4 Å². The average molecular weight is 293 g/mol. The third-order valence-electron chi connectivity index (χ3n) is 3.05. The molecule has 1 unspecified atom stereocenters. The van der Waals surface area contributed by atoms with Crippen molar-refractivity contribution in [2.75, 3.05) is 6.61 Å². The summed E-state index contributed by atoms with van der Waals surface area (Å²) in [6, 6.07) is 6.61. The molecule has 21 heavy (non-hydrogen) atoms. The maximum atomic E-state index is 11.8. The Bertz CT molecular complexity index is 485. The number of hydrogen-bond acceptors (Lipinski definition) is 3. The highest BCUT2D eigenvalue weighted by Gasteiger charge is 2.21. The Kier molecular flexibility index (Phi) is 6.72. The number of carboxylic acid groups (broad SMARTS) is 1. The maximum Gasteiger partial charge on any atom is 0.326 e. The predicted octanol–water partition coefficient (Wildman–Crippen LogP) is 2.24. The molecule has 0 saturated carbocycles. The Labute approximate surface area is 125 Å². The van der Waals surface area contributed by atoms with Crippen molar-refractivity contribution >= 4 is 11.9 Å². The summed E-state index contributed by atoms with van der Waals surface area (Å²) in [5, 5.41) is 11.6. The average Bonchev–Trinajstić information content (AvgIpc) is 2.44. The summed E-state index contributed by atoms with van der Waals surface area (Å²) in [5.74, 6) is -0.598. The second-order valence-corrected chi connectivity index (χ2v) is 5.34. The van der Waals surface area contributed by atoms with Crippen LogP contribution in [0.1, 0.15) is 32.8 Å². The highest BCUT2D eigenvalue weighted by molar-refractivity contribution is 5.84. The predicted molar refractivity (Wildman–Crippen MR) is 80.3 cm³/mol. The minimum Gasteiger partial charge on any atom is -0.483 e. The van der Waals surface area contributed by atoms with Crippen molar-refractivity contribution in [3.05, 3.63) is 29.8 Å². The second-order valence-electron chi connectivity index (χ2n) is 5.34. The van der Waals surface area contributed by atoms with Gasteiger partial charge in [0.25, 0.3) is 5.91 Å². The van der Waals surface area contributed by atoms with Crippen molar-refractivity contribution in [2.45, 2.75) is 39.7 Å². The molecule has 0 aliphatic rings. The number of nitrogens with one attached hydrogen (secondary N) is 1. The van der Waals surface area contributed by atoms with E-state index in [9.17, 15) is 9.59 Å². The van der Waals surface area contributed by atoms with Crippen molar-refractivity contribution in [1.82, 2.24) is 5.32 Å². The topological polar surface area (TPSA) is 75.6 Å². The fourth-order valence-corrected chi connectivity index (χ4v) is 2.01. The van der Waals surface area contributed by atoms with Gasteiger partial charge in [0.05, 0.1) is 0 Å². The summed E-state index contributed by atoms with van der Waals surface area (Å²) < 4.78 is 5.47. The van der Waals surface area contributed by atoms with Gasteiger partial charge in [-0.2, -0.15) is 0 Å². The van der Waals surface area contributed by atoms with Crippen molar-refractivity contribution in [3.63, 3.8) is 0 Å². The van der Waals surface area contributed by atoms with E-state index in [0.717, 1.165) is 12.0 Å². The van der Waals surface area contributed by atoms with E-state index in [1.165, 1.54) is 0 Å². The van der Waals surface area contributed by atoms with Crippen molar-refractivity contribution in [2.24, 2.45) is 5.92 Å². The van der Waals surface area contributed by atoms with E-state index in [0.29, 0.717) is 12.2 Å². The molecule has 1 amide bonds. The van der Waals surface area contributed by atoms with Crippen LogP contribution >= 0.6 is 0 Å². The third kappa shape index (κ3) is 5.85. The van der Waals surface area contributed by atoms with Crippen LogP contribution in [0.4, 0.5) is 0 Å². The van der Waals surface area contributed by atoms with Crippen molar-refractivity contribution in [1.29, 1.82) is 0 Å². The van der Waals surface area contributed by atoms with Gasteiger partial charge in [-0.3, -0.25) is 4.79 Å². The molecule has 116 valence electrons. The smallest absolute Gasteiger partial charge is 0.326 e. The summed E-state index contributed by atoms with van der Waals surface area (Å²) in [4.78, 5) is 22.9. The van der Waals surface area contributed by atoms with Crippen LogP contribution in [0.25, 0.3) is 0 Å². The number of rotatable bonds is 8. The molecule has 1 atom stereocenters. The lowest BCUT2D eigenvalue weighted by Crippen LogP contribution is -2.43. The van der Waals surface area contributed by atoms with Crippen LogP contribution in [0.5, 0.6) is 5.75 Å². The van der Waals surface area contributed by atoms with Gasteiger partial charge in [-0.15, -0.1) is 0 Å². The zero-order chi connectivity index (χ0) is 15.8. The zero-order valence-electron chi connectivity index (χ0n) is 12.8. The molecule has 5 heteroatoms. The molecule has 0 spiro atoms. The zero-order valence-corrected chi connectivity index (χ0v) is 12.8. The quantitative estimate of drug-likeness (QED) is 0.770. The first-order valence-corrected chi connectivity index (χ1v) is 7.16. The molecule has 1 rings (SSSR count). The largest absolute Gasteiger partial charge is 0.483 e. The van der Waals surface area contributed by atoms with Gasteiger partial charge in [0.1, 0.15) is 11.8 Å². The van der Waals surface area contributed by atoms with Crippen LogP contribution in [-0.2, 0) is 16.0 Å². The van der Waals surface area contributed by atoms with Gasteiger partial charge in [0.15, 0.2) is 6.61 Å². The van der Waals surface area contributed by atoms with Crippen LogP contribution in [-0.4, -0.2) is 29.6 Å². The first-order chi connectivity index (χ1) is 9.93. The Morgan fingerprint density at radius 2 is 1.95 bits per heavy atom. The summed E-state index contributed by atoms with van der Waals surface area (Å²) in [6.45, 7) is 5.65. The molecule has 0 bridgehead atoms. The second kappa shape index (κ2) is 8.29. The lowest BCUT2D eigenvalue weighted by atomic mass is 10.0. The fourth-order valence-electron chi connectivity index (χ4n) is 2.01. The molecule has 0 aliphatic heterocycles. The van der Waals surface area contributed by atoms with Crippen molar-refractivity contribution in [3.8, 4) is 5.75 Å². The molecule has 1 aromatic carbocycles. The van der Waals surface area contributed by atoms with E-state index >= 15 is 0 Å². The number of para-hydroxylation sites is 1. The minimum absolute atomic E-state index is 0.182. The van der Waals surface area contributed by atoms with Gasteiger partial charge in [-0.05, 0) is 30.4 Å². The Hall–Kier alpha value is -2.04. The Morgan fingerprint density at radius 3 is 2.52 bits per heavy atom. The van der Waals surface area contributed by atoms with Gasteiger partial charge in [0, 0.05) is 0 Å².